The molecule has 0 spiro atoms. The predicted octanol–water partition coefficient (Wildman–Crippen LogP) is 3.04. The molecule has 0 heterocycles. The molecule has 2 aromatic rings. The molecule has 1 amide bonds. The van der Waals surface area contributed by atoms with Crippen molar-refractivity contribution in [2.45, 2.75) is 20.0 Å². The zero-order valence-electron chi connectivity index (χ0n) is 19.3. The number of nitrogens with zero attached hydrogens (tertiary/aromatic N) is 2. The van der Waals surface area contributed by atoms with Crippen molar-refractivity contribution >= 4 is 35.8 Å². The smallest absolute Gasteiger partial charge is 0.242 e. The molecule has 32 heavy (non-hydrogen) atoms. The number of carbonyl (C=O) groups excluding carboxylic acids is 1. The number of nitrogens with one attached hydrogen (secondary N) is 2. The summed E-state index contributed by atoms with van der Waals surface area (Å²) in [5, 5.41) is 6.11. The van der Waals surface area contributed by atoms with Gasteiger partial charge >= 0.3 is 0 Å². The van der Waals surface area contributed by atoms with Gasteiger partial charge in [-0.05, 0) is 36.8 Å². The second kappa shape index (κ2) is 14.4. The van der Waals surface area contributed by atoms with Crippen LogP contribution in [0.3, 0.4) is 0 Å². The molecule has 0 aliphatic carbocycles. The second-order valence-corrected chi connectivity index (χ2v) is 6.83. The van der Waals surface area contributed by atoms with E-state index in [9.17, 15) is 4.79 Å². The molecule has 0 aliphatic heterocycles. The Bertz CT molecular complexity index is 875. The van der Waals surface area contributed by atoms with E-state index < -0.39 is 0 Å². The van der Waals surface area contributed by atoms with Gasteiger partial charge in [-0.3, -0.25) is 4.79 Å². The zero-order valence-corrected chi connectivity index (χ0v) is 21.6. The number of halogens is 1. The summed E-state index contributed by atoms with van der Waals surface area (Å²) >= 11 is 0. The molecule has 2 N–H and O–H groups in total. The third kappa shape index (κ3) is 8.45. The molecular formula is C23H33IN4O4. The minimum absolute atomic E-state index is 0. The van der Waals surface area contributed by atoms with Gasteiger partial charge in [0.25, 0.3) is 0 Å². The summed E-state index contributed by atoms with van der Waals surface area (Å²) in [5.41, 5.74) is 1.98. The topological polar surface area (TPSA) is 84.4 Å². The van der Waals surface area contributed by atoms with Gasteiger partial charge in [0.1, 0.15) is 23.8 Å². The quantitative estimate of drug-likeness (QED) is 0.266. The number of rotatable bonds is 10. The summed E-state index contributed by atoms with van der Waals surface area (Å²) in [5.74, 6) is 2.74. The molecule has 9 heteroatoms. The first kappa shape index (κ1) is 27.3. The number of amides is 1. The fraction of sp³-hybridized carbons (Fsp3) is 0.391. The van der Waals surface area contributed by atoms with Crippen molar-refractivity contribution in [2.24, 2.45) is 4.99 Å². The van der Waals surface area contributed by atoms with Crippen molar-refractivity contribution in [1.29, 1.82) is 0 Å². The maximum atomic E-state index is 12.3. The minimum atomic E-state index is -0.151. The first-order valence-electron chi connectivity index (χ1n) is 10.1. The first-order chi connectivity index (χ1) is 15.0. The van der Waals surface area contributed by atoms with Crippen LogP contribution in [0.25, 0.3) is 0 Å². The van der Waals surface area contributed by atoms with E-state index in [1.165, 1.54) is 0 Å². The average molecular weight is 556 g/mol. The lowest BCUT2D eigenvalue weighted by molar-refractivity contribution is -0.119. The summed E-state index contributed by atoms with van der Waals surface area (Å²) in [6.07, 6.45) is 0. The van der Waals surface area contributed by atoms with E-state index >= 15 is 0 Å². The van der Waals surface area contributed by atoms with Crippen molar-refractivity contribution in [3.8, 4) is 17.2 Å². The van der Waals surface area contributed by atoms with Crippen molar-refractivity contribution in [3.63, 3.8) is 0 Å². The van der Waals surface area contributed by atoms with Crippen LogP contribution in [0.4, 0.5) is 0 Å². The highest BCUT2D eigenvalue weighted by molar-refractivity contribution is 14.0. The highest BCUT2D eigenvalue weighted by atomic mass is 127. The fourth-order valence-electron chi connectivity index (χ4n) is 2.93. The van der Waals surface area contributed by atoms with E-state index in [1.54, 1.807) is 21.3 Å². The molecule has 8 nitrogen and oxygen atoms in total. The van der Waals surface area contributed by atoms with Gasteiger partial charge in [-0.15, -0.1) is 24.0 Å². The molecule has 0 aliphatic rings. The fourth-order valence-corrected chi connectivity index (χ4v) is 2.93. The normalized spacial score (nSPS) is 10.6. The van der Waals surface area contributed by atoms with E-state index in [0.29, 0.717) is 25.6 Å². The molecule has 0 unspecified atom stereocenters. The maximum Gasteiger partial charge on any atom is 0.242 e. The summed E-state index contributed by atoms with van der Waals surface area (Å²) in [7, 11) is 6.79. The summed E-state index contributed by atoms with van der Waals surface area (Å²) < 4.78 is 15.9. The van der Waals surface area contributed by atoms with Gasteiger partial charge in [-0.1, -0.05) is 12.1 Å². The van der Waals surface area contributed by atoms with Gasteiger partial charge < -0.3 is 29.7 Å². The Morgan fingerprint density at radius 2 is 1.62 bits per heavy atom. The van der Waals surface area contributed by atoms with Crippen LogP contribution in [0.15, 0.2) is 47.5 Å². The van der Waals surface area contributed by atoms with Crippen LogP contribution in [0.5, 0.6) is 17.2 Å². The summed E-state index contributed by atoms with van der Waals surface area (Å²) in [6, 6.07) is 13.3. The number of benzene rings is 2. The third-order valence-corrected chi connectivity index (χ3v) is 4.62. The van der Waals surface area contributed by atoms with E-state index in [1.807, 2.05) is 61.3 Å². The number of carbonyl (C=O) groups is 1. The number of hydrogen-bond donors (Lipinski definition) is 2. The Labute approximate surface area is 207 Å². The van der Waals surface area contributed by atoms with Gasteiger partial charge in [-0.2, -0.15) is 0 Å². The lowest BCUT2D eigenvalue weighted by Crippen LogP contribution is -2.39. The monoisotopic (exact) mass is 556 g/mol. The lowest BCUT2D eigenvalue weighted by Gasteiger charge is -2.23. The largest absolute Gasteiger partial charge is 0.497 e. The van der Waals surface area contributed by atoms with Gasteiger partial charge in [0, 0.05) is 38.3 Å². The number of methoxy groups -OCH3 is 3. The van der Waals surface area contributed by atoms with Gasteiger partial charge in [0.15, 0.2) is 5.96 Å². The van der Waals surface area contributed by atoms with Crippen LogP contribution >= 0.6 is 24.0 Å². The molecule has 0 aromatic heterocycles. The molecule has 0 fully saturated rings. The molecule has 2 aromatic carbocycles. The SMILES string of the molecule is CCNC(=NCC(=O)NCc1ccc(OC)cc1)N(C)Cc1ccc(OC)cc1OC.I. The minimum Gasteiger partial charge on any atom is -0.497 e. The maximum absolute atomic E-state index is 12.3. The van der Waals surface area contributed by atoms with Gasteiger partial charge in [0.05, 0.1) is 21.3 Å². The molecule has 0 radical (unpaired) electrons. The zero-order chi connectivity index (χ0) is 22.6. The summed E-state index contributed by atoms with van der Waals surface area (Å²) in [4.78, 5) is 18.7. The molecule has 0 bridgehead atoms. The highest BCUT2D eigenvalue weighted by Crippen LogP contribution is 2.25. The molecular weight excluding hydrogens is 523 g/mol. The van der Waals surface area contributed by atoms with Crippen molar-refractivity contribution in [2.75, 3.05) is 41.5 Å². The van der Waals surface area contributed by atoms with Crippen molar-refractivity contribution < 1.29 is 19.0 Å². The number of guanidine groups is 1. The first-order valence-corrected chi connectivity index (χ1v) is 10.1. The van der Waals surface area contributed by atoms with E-state index in [4.69, 9.17) is 14.2 Å². The van der Waals surface area contributed by atoms with Crippen LogP contribution in [0.2, 0.25) is 0 Å². The summed E-state index contributed by atoms with van der Waals surface area (Å²) in [6.45, 7) is 3.71. The van der Waals surface area contributed by atoms with Gasteiger partial charge in [-0.25, -0.2) is 4.99 Å². The van der Waals surface area contributed by atoms with Crippen LogP contribution < -0.4 is 24.8 Å². The number of ether oxygens (including phenoxy) is 3. The molecule has 0 saturated carbocycles. The highest BCUT2D eigenvalue weighted by Gasteiger charge is 2.12. The van der Waals surface area contributed by atoms with Gasteiger partial charge in [0.2, 0.25) is 5.91 Å². The molecule has 0 atom stereocenters. The Balaban J connectivity index is 0.00000512. The van der Waals surface area contributed by atoms with Crippen LogP contribution in [0, 0.1) is 0 Å². The Kier molecular flexibility index (Phi) is 12.3. The molecule has 0 saturated heterocycles. The number of hydrogen-bond acceptors (Lipinski definition) is 5. The Hall–Kier alpha value is -2.69. The van der Waals surface area contributed by atoms with Crippen LogP contribution in [-0.4, -0.2) is 58.2 Å². The number of aliphatic imine (C=N–C) groups is 1. The van der Waals surface area contributed by atoms with E-state index in [2.05, 4.69) is 15.6 Å². The van der Waals surface area contributed by atoms with Crippen LogP contribution in [-0.2, 0) is 17.9 Å². The lowest BCUT2D eigenvalue weighted by atomic mass is 10.2. The van der Waals surface area contributed by atoms with E-state index in [0.717, 1.165) is 28.4 Å². The van der Waals surface area contributed by atoms with Crippen molar-refractivity contribution in [3.05, 3.63) is 53.6 Å². The van der Waals surface area contributed by atoms with Crippen molar-refractivity contribution in [1.82, 2.24) is 15.5 Å². The molecule has 2 rings (SSSR count). The van der Waals surface area contributed by atoms with Crippen LogP contribution in [0.1, 0.15) is 18.1 Å². The predicted molar refractivity (Wildman–Crippen MR) is 137 cm³/mol. The standard InChI is InChI=1S/C23H32N4O4.HI/c1-6-24-23(27(2)16-18-9-12-20(30-4)13-21(18)31-5)26-15-22(28)25-14-17-7-10-19(29-3)11-8-17;/h7-13H,6,14-16H2,1-5H3,(H,24,26)(H,25,28);1H. The second-order valence-electron chi connectivity index (χ2n) is 6.83. The third-order valence-electron chi connectivity index (χ3n) is 4.62. The Morgan fingerprint density at radius 3 is 2.22 bits per heavy atom. The van der Waals surface area contributed by atoms with E-state index in [-0.39, 0.29) is 36.4 Å². The average Bonchev–Trinajstić information content (AvgIpc) is 2.80. The molecule has 176 valence electrons. The Morgan fingerprint density at radius 1 is 0.969 bits per heavy atom.